The number of rotatable bonds is 7. The largest absolute Gasteiger partial charge is 0.496 e. The first-order valence-corrected chi connectivity index (χ1v) is 10.8. The van der Waals surface area contributed by atoms with Crippen molar-refractivity contribution in [3.8, 4) is 5.75 Å². The minimum Gasteiger partial charge on any atom is -0.496 e. The Hall–Kier alpha value is -2.96. The third-order valence-electron chi connectivity index (χ3n) is 5.58. The smallest absolute Gasteiger partial charge is 0.264 e. The molecule has 0 bridgehead atoms. The van der Waals surface area contributed by atoms with Crippen LogP contribution in [0.4, 0.5) is 5.69 Å². The molecule has 5 nitrogen and oxygen atoms in total. The predicted octanol–water partition coefficient (Wildman–Crippen LogP) is 4.51. The van der Waals surface area contributed by atoms with Gasteiger partial charge in [0.15, 0.2) is 11.4 Å². The summed E-state index contributed by atoms with van der Waals surface area (Å²) in [6.45, 7) is 0.405. The third-order valence-corrected chi connectivity index (χ3v) is 6.08. The van der Waals surface area contributed by atoms with E-state index in [1.165, 1.54) is 7.11 Å². The van der Waals surface area contributed by atoms with Gasteiger partial charge in [-0.2, -0.15) is 0 Å². The molecule has 158 valence electrons. The van der Waals surface area contributed by atoms with Crippen LogP contribution in [0.25, 0.3) is 0 Å². The number of Topliss-reactive ketones (excluding diaryl/α,β-unsaturated/α-hetero) is 1. The van der Waals surface area contributed by atoms with E-state index in [1.54, 1.807) is 41.3 Å². The molecular weight excluding hydrogens is 458 g/mol. The van der Waals surface area contributed by atoms with Crippen LogP contribution >= 0.6 is 15.9 Å². The molecule has 0 saturated carbocycles. The van der Waals surface area contributed by atoms with Gasteiger partial charge in [-0.15, -0.1) is 0 Å². The maximum atomic E-state index is 13.4. The van der Waals surface area contributed by atoms with Gasteiger partial charge in [-0.25, -0.2) is 0 Å². The van der Waals surface area contributed by atoms with E-state index >= 15 is 0 Å². The predicted molar refractivity (Wildman–Crippen MR) is 122 cm³/mol. The molecule has 1 atom stereocenters. The standard InChI is InChI=1S/C25H22BrNO4/c1-31-23-10-6-5-9-19(23)22(28)16-25(30)20-15-18(26)11-12-21(20)27(24(25)29)14-13-17-7-3-2-4-8-17/h2-12,15,30H,13-14,16H2,1H3. The van der Waals surface area contributed by atoms with Crippen molar-refractivity contribution in [1.82, 2.24) is 0 Å². The van der Waals surface area contributed by atoms with E-state index in [0.717, 1.165) is 10.0 Å². The van der Waals surface area contributed by atoms with Crippen LogP contribution in [0.2, 0.25) is 0 Å². The molecule has 0 radical (unpaired) electrons. The summed E-state index contributed by atoms with van der Waals surface area (Å²) in [5, 5.41) is 11.5. The van der Waals surface area contributed by atoms with Crippen molar-refractivity contribution in [3.05, 3.63) is 94.0 Å². The molecule has 0 fully saturated rings. The lowest BCUT2D eigenvalue weighted by atomic mass is 9.88. The highest BCUT2D eigenvalue weighted by Crippen LogP contribution is 2.44. The fraction of sp³-hybridized carbons (Fsp3) is 0.200. The highest BCUT2D eigenvalue weighted by Gasteiger charge is 2.51. The lowest BCUT2D eigenvalue weighted by Gasteiger charge is -2.23. The van der Waals surface area contributed by atoms with Crippen LogP contribution in [0.5, 0.6) is 5.75 Å². The molecule has 0 saturated heterocycles. The number of ether oxygens (including phenoxy) is 1. The van der Waals surface area contributed by atoms with Crippen molar-refractivity contribution in [1.29, 1.82) is 0 Å². The van der Waals surface area contributed by atoms with Crippen LogP contribution in [0.1, 0.15) is 27.9 Å². The molecule has 1 amide bonds. The zero-order chi connectivity index (χ0) is 22.0. The molecule has 3 aromatic rings. The first kappa shape index (κ1) is 21.3. The molecular formula is C25H22BrNO4. The number of anilines is 1. The van der Waals surface area contributed by atoms with E-state index in [0.29, 0.717) is 35.5 Å². The Morgan fingerprint density at radius 3 is 2.52 bits per heavy atom. The molecule has 31 heavy (non-hydrogen) atoms. The van der Waals surface area contributed by atoms with E-state index in [-0.39, 0.29) is 12.2 Å². The van der Waals surface area contributed by atoms with E-state index in [9.17, 15) is 14.7 Å². The van der Waals surface area contributed by atoms with Crippen LogP contribution in [-0.4, -0.2) is 30.5 Å². The highest BCUT2D eigenvalue weighted by molar-refractivity contribution is 9.10. The van der Waals surface area contributed by atoms with Gasteiger partial charge >= 0.3 is 0 Å². The summed E-state index contributed by atoms with van der Waals surface area (Å²) >= 11 is 3.42. The van der Waals surface area contributed by atoms with Gasteiger partial charge in [0.1, 0.15) is 5.75 Å². The quantitative estimate of drug-likeness (QED) is 0.506. The number of ketones is 1. The number of aliphatic hydroxyl groups is 1. The summed E-state index contributed by atoms with van der Waals surface area (Å²) in [6, 6.07) is 22.0. The van der Waals surface area contributed by atoms with Crippen molar-refractivity contribution >= 4 is 33.3 Å². The molecule has 1 aliphatic rings. The molecule has 0 aliphatic carbocycles. The first-order valence-electron chi connectivity index (χ1n) is 9.98. The van der Waals surface area contributed by atoms with Gasteiger partial charge in [0.05, 0.1) is 24.8 Å². The van der Waals surface area contributed by atoms with E-state index < -0.39 is 11.5 Å². The second kappa shape index (κ2) is 8.65. The monoisotopic (exact) mass is 479 g/mol. The Labute approximate surface area is 189 Å². The highest BCUT2D eigenvalue weighted by atomic mass is 79.9. The molecule has 6 heteroatoms. The van der Waals surface area contributed by atoms with Gasteiger partial charge in [-0.05, 0) is 42.3 Å². The van der Waals surface area contributed by atoms with Gasteiger partial charge in [0.25, 0.3) is 5.91 Å². The van der Waals surface area contributed by atoms with Crippen molar-refractivity contribution < 1.29 is 19.4 Å². The number of nitrogens with zero attached hydrogens (tertiary/aromatic N) is 1. The lowest BCUT2D eigenvalue weighted by molar-refractivity contribution is -0.135. The average Bonchev–Trinajstić information content (AvgIpc) is 2.99. The minimum atomic E-state index is -1.94. The normalized spacial score (nSPS) is 17.5. The topological polar surface area (TPSA) is 66.8 Å². The van der Waals surface area contributed by atoms with Crippen molar-refractivity contribution in [2.24, 2.45) is 0 Å². The molecule has 1 aliphatic heterocycles. The summed E-state index contributed by atoms with van der Waals surface area (Å²) in [5.41, 5.74) is 0.552. The van der Waals surface area contributed by atoms with Gasteiger partial charge in [0.2, 0.25) is 0 Å². The Morgan fingerprint density at radius 2 is 1.77 bits per heavy atom. The summed E-state index contributed by atoms with van der Waals surface area (Å²) in [5.74, 6) is -0.430. The number of methoxy groups -OCH3 is 1. The second-order valence-corrected chi connectivity index (χ2v) is 8.43. The van der Waals surface area contributed by atoms with E-state index in [1.807, 2.05) is 36.4 Å². The molecule has 3 aromatic carbocycles. The Morgan fingerprint density at radius 1 is 1.06 bits per heavy atom. The number of hydrogen-bond donors (Lipinski definition) is 1. The molecule has 0 aromatic heterocycles. The molecule has 0 spiro atoms. The van der Waals surface area contributed by atoms with Crippen LogP contribution in [0.3, 0.4) is 0 Å². The zero-order valence-corrected chi connectivity index (χ0v) is 18.6. The maximum Gasteiger partial charge on any atom is 0.264 e. The number of halogens is 1. The summed E-state index contributed by atoms with van der Waals surface area (Å²) in [7, 11) is 1.49. The van der Waals surface area contributed by atoms with Gasteiger partial charge in [-0.3, -0.25) is 9.59 Å². The van der Waals surface area contributed by atoms with Crippen molar-refractivity contribution in [3.63, 3.8) is 0 Å². The number of amides is 1. The van der Waals surface area contributed by atoms with Gasteiger partial charge in [0, 0.05) is 16.6 Å². The van der Waals surface area contributed by atoms with Crippen LogP contribution in [-0.2, 0) is 16.8 Å². The fourth-order valence-electron chi connectivity index (χ4n) is 4.00. The Kier molecular flexibility index (Phi) is 5.94. The fourth-order valence-corrected chi connectivity index (χ4v) is 4.36. The summed E-state index contributed by atoms with van der Waals surface area (Å²) < 4.78 is 6.01. The zero-order valence-electron chi connectivity index (χ0n) is 17.0. The van der Waals surface area contributed by atoms with E-state index in [4.69, 9.17) is 4.74 Å². The molecule has 1 N–H and O–H groups in total. The Balaban J connectivity index is 1.66. The first-order chi connectivity index (χ1) is 14.9. The van der Waals surface area contributed by atoms with Gasteiger partial charge < -0.3 is 14.7 Å². The van der Waals surface area contributed by atoms with Crippen molar-refractivity contribution in [2.75, 3.05) is 18.6 Å². The molecule has 1 unspecified atom stereocenters. The minimum absolute atomic E-state index is 0.338. The number of carbonyl (C=O) groups is 2. The SMILES string of the molecule is COc1ccccc1C(=O)CC1(O)C(=O)N(CCc2ccccc2)c2ccc(Br)cc21. The molecule has 1 heterocycles. The lowest BCUT2D eigenvalue weighted by Crippen LogP contribution is -2.42. The van der Waals surface area contributed by atoms with E-state index in [2.05, 4.69) is 15.9 Å². The summed E-state index contributed by atoms with van der Waals surface area (Å²) in [6.07, 6.45) is 0.274. The van der Waals surface area contributed by atoms with Gasteiger partial charge in [-0.1, -0.05) is 58.4 Å². The average molecular weight is 480 g/mol. The third kappa shape index (κ3) is 4.01. The van der Waals surface area contributed by atoms with Crippen LogP contribution < -0.4 is 9.64 Å². The number of fused-ring (bicyclic) bond motifs is 1. The number of benzene rings is 3. The van der Waals surface area contributed by atoms with Crippen LogP contribution in [0, 0.1) is 0 Å². The number of carbonyl (C=O) groups excluding carboxylic acids is 2. The maximum absolute atomic E-state index is 13.4. The summed E-state index contributed by atoms with van der Waals surface area (Å²) in [4.78, 5) is 28.1. The number of hydrogen-bond acceptors (Lipinski definition) is 4. The molecule has 4 rings (SSSR count). The Bertz CT molecular complexity index is 1130. The number of para-hydroxylation sites is 1. The second-order valence-electron chi connectivity index (χ2n) is 7.51. The van der Waals surface area contributed by atoms with Crippen molar-refractivity contribution in [2.45, 2.75) is 18.4 Å². The van der Waals surface area contributed by atoms with Crippen LogP contribution in [0.15, 0.2) is 77.3 Å².